The maximum atomic E-state index is 12.2. The molecule has 1 unspecified atom stereocenters. The first kappa shape index (κ1) is 18.9. The number of aliphatic hydroxyl groups is 1. The number of fused-ring (bicyclic) bond motifs is 3. The van der Waals surface area contributed by atoms with Crippen molar-refractivity contribution in [3.8, 4) is 11.1 Å². The number of ether oxygens (including phenoxy) is 1. The van der Waals surface area contributed by atoms with E-state index < -0.39 is 24.6 Å². The molecule has 0 saturated heterocycles. The van der Waals surface area contributed by atoms with Crippen LogP contribution in [0.5, 0.6) is 0 Å². The van der Waals surface area contributed by atoms with Crippen molar-refractivity contribution in [1.29, 1.82) is 0 Å². The van der Waals surface area contributed by atoms with Crippen LogP contribution in [-0.2, 0) is 14.4 Å². The summed E-state index contributed by atoms with van der Waals surface area (Å²) in [6.07, 6.45) is -0.770. The molecule has 7 nitrogen and oxygen atoms in total. The molecular formula is C20H22N2O5. The maximum absolute atomic E-state index is 12.2. The van der Waals surface area contributed by atoms with E-state index >= 15 is 0 Å². The molecule has 0 bridgehead atoms. The standard InChI is InChI=1S/C20H22N2O5/c1-22(26-2)19(24)18(11-23)21-20(25)27-12-17-15-9-5-3-7-13(15)14-8-4-6-10-16(14)17/h3-10,17-18,23H,11-12H2,1-2H3,(H,21,25). The first-order chi connectivity index (χ1) is 13.1. The quantitative estimate of drug-likeness (QED) is 0.759. The van der Waals surface area contributed by atoms with E-state index in [1.807, 2.05) is 36.4 Å². The van der Waals surface area contributed by atoms with Crippen LogP contribution in [0.1, 0.15) is 17.0 Å². The van der Waals surface area contributed by atoms with Crippen molar-refractivity contribution in [1.82, 2.24) is 10.4 Å². The van der Waals surface area contributed by atoms with Crippen LogP contribution < -0.4 is 5.32 Å². The number of nitrogens with one attached hydrogen (secondary N) is 1. The van der Waals surface area contributed by atoms with E-state index in [1.54, 1.807) is 0 Å². The molecule has 0 fully saturated rings. The highest BCUT2D eigenvalue weighted by Crippen LogP contribution is 2.44. The highest BCUT2D eigenvalue weighted by Gasteiger charge is 2.30. The monoisotopic (exact) mass is 370 g/mol. The number of nitrogens with zero attached hydrogens (tertiary/aromatic N) is 1. The first-order valence-corrected chi connectivity index (χ1v) is 8.60. The number of amides is 2. The highest BCUT2D eigenvalue weighted by atomic mass is 16.7. The van der Waals surface area contributed by atoms with Crippen LogP contribution in [0.3, 0.4) is 0 Å². The topological polar surface area (TPSA) is 88.1 Å². The second-order valence-electron chi connectivity index (χ2n) is 6.22. The number of carbonyl (C=O) groups is 2. The molecule has 0 aliphatic heterocycles. The SMILES string of the molecule is CON(C)C(=O)C(CO)NC(=O)OCC1c2ccccc2-c2ccccc21. The van der Waals surface area contributed by atoms with Crippen LogP contribution in [0.2, 0.25) is 0 Å². The van der Waals surface area contributed by atoms with Crippen LogP contribution in [0.4, 0.5) is 4.79 Å². The Kier molecular flexibility index (Phi) is 5.73. The molecule has 0 radical (unpaired) electrons. The van der Waals surface area contributed by atoms with Crippen LogP contribution in [0.15, 0.2) is 48.5 Å². The molecule has 2 amide bonds. The molecule has 2 N–H and O–H groups in total. The summed E-state index contributed by atoms with van der Waals surface area (Å²) < 4.78 is 5.36. The zero-order valence-corrected chi connectivity index (χ0v) is 15.2. The molecule has 0 spiro atoms. The van der Waals surface area contributed by atoms with Gasteiger partial charge in [-0.1, -0.05) is 48.5 Å². The fraction of sp³-hybridized carbons (Fsp3) is 0.300. The summed E-state index contributed by atoms with van der Waals surface area (Å²) in [4.78, 5) is 28.9. The molecule has 2 aromatic carbocycles. The highest BCUT2D eigenvalue weighted by molar-refractivity contribution is 5.85. The summed E-state index contributed by atoms with van der Waals surface area (Å²) in [7, 11) is 2.71. The van der Waals surface area contributed by atoms with Gasteiger partial charge in [-0.2, -0.15) is 0 Å². The number of carbonyl (C=O) groups excluding carboxylic acids is 2. The minimum atomic E-state index is -1.13. The van der Waals surface area contributed by atoms with Crippen molar-refractivity contribution < 1.29 is 24.3 Å². The Morgan fingerprint density at radius 2 is 1.67 bits per heavy atom. The Bertz CT molecular complexity index is 793. The Labute approximate surface area is 157 Å². The van der Waals surface area contributed by atoms with E-state index in [0.29, 0.717) is 0 Å². The lowest BCUT2D eigenvalue weighted by Crippen LogP contribution is -2.49. The van der Waals surface area contributed by atoms with E-state index in [0.717, 1.165) is 27.3 Å². The Balaban J connectivity index is 1.68. The molecule has 7 heteroatoms. The Morgan fingerprint density at radius 1 is 1.11 bits per heavy atom. The van der Waals surface area contributed by atoms with Crippen molar-refractivity contribution in [2.24, 2.45) is 0 Å². The van der Waals surface area contributed by atoms with E-state index in [4.69, 9.17) is 9.57 Å². The number of aliphatic hydroxyl groups excluding tert-OH is 1. The number of hydroxylamine groups is 2. The Morgan fingerprint density at radius 3 is 2.19 bits per heavy atom. The number of rotatable bonds is 6. The fourth-order valence-electron chi connectivity index (χ4n) is 3.28. The van der Waals surface area contributed by atoms with Gasteiger partial charge in [0, 0.05) is 13.0 Å². The molecule has 0 heterocycles. The molecule has 1 aliphatic rings. The molecule has 1 atom stereocenters. The van der Waals surface area contributed by atoms with Crippen molar-refractivity contribution in [3.05, 3.63) is 59.7 Å². The molecule has 3 rings (SSSR count). The summed E-state index contributed by atoms with van der Waals surface area (Å²) >= 11 is 0. The summed E-state index contributed by atoms with van der Waals surface area (Å²) in [6.45, 7) is -0.428. The summed E-state index contributed by atoms with van der Waals surface area (Å²) in [5.41, 5.74) is 4.46. The van der Waals surface area contributed by atoms with Crippen LogP contribution in [0, 0.1) is 0 Å². The van der Waals surface area contributed by atoms with Gasteiger partial charge in [0.15, 0.2) is 0 Å². The number of benzene rings is 2. The molecule has 1 aliphatic carbocycles. The van der Waals surface area contributed by atoms with Gasteiger partial charge in [-0.3, -0.25) is 9.63 Å². The number of likely N-dealkylation sites (N-methyl/N-ethyl adjacent to an activating group) is 1. The average molecular weight is 370 g/mol. The molecule has 142 valence electrons. The molecular weight excluding hydrogens is 348 g/mol. The predicted molar refractivity (Wildman–Crippen MR) is 98.9 cm³/mol. The van der Waals surface area contributed by atoms with E-state index in [2.05, 4.69) is 17.4 Å². The number of hydrogen-bond acceptors (Lipinski definition) is 5. The fourth-order valence-corrected chi connectivity index (χ4v) is 3.28. The van der Waals surface area contributed by atoms with Gasteiger partial charge in [0.1, 0.15) is 12.6 Å². The third-order valence-electron chi connectivity index (χ3n) is 4.70. The van der Waals surface area contributed by atoms with E-state index in [-0.39, 0.29) is 12.5 Å². The lowest BCUT2D eigenvalue weighted by molar-refractivity contribution is -0.171. The number of hydrogen-bond donors (Lipinski definition) is 2. The number of alkyl carbamates (subject to hydrolysis) is 1. The summed E-state index contributed by atoms with van der Waals surface area (Å²) in [6, 6.07) is 14.9. The average Bonchev–Trinajstić information content (AvgIpc) is 3.03. The van der Waals surface area contributed by atoms with Gasteiger partial charge >= 0.3 is 6.09 Å². The van der Waals surface area contributed by atoms with Crippen LogP contribution >= 0.6 is 0 Å². The van der Waals surface area contributed by atoms with Crippen molar-refractivity contribution in [2.45, 2.75) is 12.0 Å². The normalized spacial score (nSPS) is 13.4. The lowest BCUT2D eigenvalue weighted by Gasteiger charge is -2.21. The largest absolute Gasteiger partial charge is 0.449 e. The zero-order valence-electron chi connectivity index (χ0n) is 15.2. The van der Waals surface area contributed by atoms with Gasteiger partial charge in [0.05, 0.1) is 13.7 Å². The lowest BCUT2D eigenvalue weighted by atomic mass is 9.98. The van der Waals surface area contributed by atoms with Gasteiger partial charge in [-0.05, 0) is 22.3 Å². The molecule has 27 heavy (non-hydrogen) atoms. The van der Waals surface area contributed by atoms with Gasteiger partial charge in [0.2, 0.25) is 0 Å². The second-order valence-corrected chi connectivity index (χ2v) is 6.22. The van der Waals surface area contributed by atoms with Crippen molar-refractivity contribution >= 4 is 12.0 Å². The Hall–Kier alpha value is -2.90. The molecule has 2 aromatic rings. The van der Waals surface area contributed by atoms with E-state index in [1.165, 1.54) is 14.2 Å². The first-order valence-electron chi connectivity index (χ1n) is 8.60. The van der Waals surface area contributed by atoms with Gasteiger partial charge < -0.3 is 15.2 Å². The third-order valence-corrected chi connectivity index (χ3v) is 4.70. The molecule has 0 saturated carbocycles. The minimum Gasteiger partial charge on any atom is -0.449 e. The maximum Gasteiger partial charge on any atom is 0.407 e. The zero-order chi connectivity index (χ0) is 19.4. The minimum absolute atomic E-state index is 0.0759. The van der Waals surface area contributed by atoms with Crippen LogP contribution in [-0.4, -0.2) is 55.6 Å². The van der Waals surface area contributed by atoms with Gasteiger partial charge in [0.25, 0.3) is 5.91 Å². The second kappa shape index (κ2) is 8.20. The van der Waals surface area contributed by atoms with E-state index in [9.17, 15) is 14.7 Å². The predicted octanol–water partition coefficient (Wildman–Crippen LogP) is 1.91. The molecule has 0 aromatic heterocycles. The van der Waals surface area contributed by atoms with Crippen molar-refractivity contribution in [3.63, 3.8) is 0 Å². The van der Waals surface area contributed by atoms with Gasteiger partial charge in [-0.15, -0.1) is 0 Å². The van der Waals surface area contributed by atoms with Gasteiger partial charge in [-0.25, -0.2) is 9.86 Å². The summed E-state index contributed by atoms with van der Waals surface area (Å²) in [5.74, 6) is -0.651. The van der Waals surface area contributed by atoms with Crippen LogP contribution in [0.25, 0.3) is 11.1 Å². The van der Waals surface area contributed by atoms with Crippen molar-refractivity contribution in [2.75, 3.05) is 27.4 Å². The third kappa shape index (κ3) is 3.79. The summed E-state index contributed by atoms with van der Waals surface area (Å²) in [5, 5.41) is 12.7. The smallest absolute Gasteiger partial charge is 0.407 e.